The number of aliphatic hydroxyl groups is 1. The first-order chi connectivity index (χ1) is 11.7. The summed E-state index contributed by atoms with van der Waals surface area (Å²) >= 11 is 0. The number of rotatable bonds is 14. The van der Waals surface area contributed by atoms with Crippen LogP contribution in [0.4, 0.5) is 0 Å². The standard InChI is InChI=1S/C21H40O5/c1-18(2,9-10-22)14-25-16-21(7,8)17(11-23)26-15-20(5,6)12-19(3,4)13-24/h10-11,17,24H,9,12-16H2,1-8H3. The van der Waals surface area contributed by atoms with Crippen molar-refractivity contribution in [1.29, 1.82) is 0 Å². The Morgan fingerprint density at radius 1 is 0.846 bits per heavy atom. The van der Waals surface area contributed by atoms with E-state index < -0.39 is 11.5 Å². The maximum absolute atomic E-state index is 11.6. The van der Waals surface area contributed by atoms with Crippen molar-refractivity contribution >= 4 is 12.6 Å². The molecule has 0 fully saturated rings. The first-order valence-electron chi connectivity index (χ1n) is 9.39. The minimum absolute atomic E-state index is 0.115. The van der Waals surface area contributed by atoms with Crippen LogP contribution in [0.5, 0.6) is 0 Å². The van der Waals surface area contributed by atoms with Gasteiger partial charge in [-0.05, 0) is 22.7 Å². The van der Waals surface area contributed by atoms with Crippen molar-refractivity contribution in [1.82, 2.24) is 0 Å². The van der Waals surface area contributed by atoms with E-state index in [0.717, 1.165) is 19.0 Å². The largest absolute Gasteiger partial charge is 0.396 e. The van der Waals surface area contributed by atoms with Crippen LogP contribution >= 0.6 is 0 Å². The van der Waals surface area contributed by atoms with Crippen LogP contribution in [-0.2, 0) is 19.1 Å². The van der Waals surface area contributed by atoms with Gasteiger partial charge in [0.05, 0.1) is 19.8 Å². The molecule has 0 aromatic carbocycles. The second-order valence-electron chi connectivity index (χ2n) is 10.5. The molecule has 0 saturated carbocycles. The minimum Gasteiger partial charge on any atom is -0.396 e. The number of ether oxygens (including phenoxy) is 2. The van der Waals surface area contributed by atoms with Gasteiger partial charge in [-0.25, -0.2) is 0 Å². The number of aldehydes is 2. The Labute approximate surface area is 159 Å². The van der Waals surface area contributed by atoms with Gasteiger partial charge in [-0.1, -0.05) is 55.4 Å². The van der Waals surface area contributed by atoms with Gasteiger partial charge in [0.15, 0.2) is 0 Å². The van der Waals surface area contributed by atoms with Crippen molar-refractivity contribution in [3.8, 4) is 0 Å². The Kier molecular flexibility index (Phi) is 9.66. The molecule has 0 aliphatic heterocycles. The van der Waals surface area contributed by atoms with Crippen molar-refractivity contribution in [3.63, 3.8) is 0 Å². The van der Waals surface area contributed by atoms with Crippen molar-refractivity contribution in [2.24, 2.45) is 21.7 Å². The maximum Gasteiger partial charge on any atom is 0.149 e. The molecule has 154 valence electrons. The number of carbonyl (C=O) groups is 2. The molecule has 0 aliphatic carbocycles. The van der Waals surface area contributed by atoms with Gasteiger partial charge in [-0.15, -0.1) is 0 Å². The van der Waals surface area contributed by atoms with Gasteiger partial charge in [0.1, 0.15) is 18.7 Å². The topological polar surface area (TPSA) is 72.8 Å². The molecule has 5 nitrogen and oxygen atoms in total. The molecule has 0 aromatic heterocycles. The summed E-state index contributed by atoms with van der Waals surface area (Å²) in [5, 5.41) is 9.48. The van der Waals surface area contributed by atoms with E-state index in [1.54, 1.807) is 0 Å². The van der Waals surface area contributed by atoms with E-state index in [0.29, 0.717) is 26.2 Å². The monoisotopic (exact) mass is 372 g/mol. The van der Waals surface area contributed by atoms with E-state index in [1.807, 2.05) is 41.5 Å². The highest BCUT2D eigenvalue weighted by molar-refractivity contribution is 5.57. The molecule has 0 aliphatic rings. The fraction of sp³-hybridized carbons (Fsp3) is 0.905. The second-order valence-corrected chi connectivity index (χ2v) is 10.5. The van der Waals surface area contributed by atoms with Crippen LogP contribution in [0.25, 0.3) is 0 Å². The first-order valence-corrected chi connectivity index (χ1v) is 9.39. The lowest BCUT2D eigenvalue weighted by molar-refractivity contribution is -0.136. The van der Waals surface area contributed by atoms with Crippen LogP contribution in [0.15, 0.2) is 0 Å². The molecule has 0 spiro atoms. The predicted molar refractivity (Wildman–Crippen MR) is 104 cm³/mol. The zero-order valence-corrected chi connectivity index (χ0v) is 18.1. The first kappa shape index (κ1) is 25.2. The van der Waals surface area contributed by atoms with Gasteiger partial charge in [-0.3, -0.25) is 0 Å². The third-order valence-corrected chi connectivity index (χ3v) is 4.54. The van der Waals surface area contributed by atoms with E-state index in [-0.39, 0.29) is 22.9 Å². The van der Waals surface area contributed by atoms with Gasteiger partial charge in [0.25, 0.3) is 0 Å². The van der Waals surface area contributed by atoms with Gasteiger partial charge < -0.3 is 24.2 Å². The summed E-state index contributed by atoms with van der Waals surface area (Å²) in [6.45, 7) is 17.4. The minimum atomic E-state index is -0.576. The van der Waals surface area contributed by atoms with E-state index >= 15 is 0 Å². The third-order valence-electron chi connectivity index (χ3n) is 4.54. The fourth-order valence-corrected chi connectivity index (χ4v) is 3.12. The van der Waals surface area contributed by atoms with Crippen LogP contribution in [0.3, 0.4) is 0 Å². The highest BCUT2D eigenvalue weighted by Gasteiger charge is 2.35. The Morgan fingerprint density at radius 2 is 1.42 bits per heavy atom. The molecule has 0 aromatic rings. The summed E-state index contributed by atoms with van der Waals surface area (Å²) in [5.74, 6) is 0. The molecule has 0 bridgehead atoms. The molecular weight excluding hydrogens is 332 g/mol. The predicted octanol–water partition coefficient (Wildman–Crippen LogP) is 3.66. The van der Waals surface area contributed by atoms with Crippen molar-refractivity contribution in [2.45, 2.75) is 74.3 Å². The fourth-order valence-electron chi connectivity index (χ4n) is 3.12. The molecule has 5 heteroatoms. The number of hydrogen-bond donors (Lipinski definition) is 1. The highest BCUT2D eigenvalue weighted by Crippen LogP contribution is 2.35. The molecule has 0 rings (SSSR count). The molecule has 26 heavy (non-hydrogen) atoms. The molecule has 1 atom stereocenters. The zero-order chi connectivity index (χ0) is 20.6. The van der Waals surface area contributed by atoms with Gasteiger partial charge in [-0.2, -0.15) is 0 Å². The summed E-state index contributed by atoms with van der Waals surface area (Å²) in [5.41, 5.74) is -1.03. The Morgan fingerprint density at radius 3 is 1.88 bits per heavy atom. The lowest BCUT2D eigenvalue weighted by Crippen LogP contribution is -2.41. The Bertz CT molecular complexity index is 438. The summed E-state index contributed by atoms with van der Waals surface area (Å²) in [7, 11) is 0. The SMILES string of the molecule is CC(C)(CC=O)COCC(C)(C)C(C=O)OCC(C)(C)CC(C)(C)CO. The van der Waals surface area contributed by atoms with Gasteiger partial charge in [0.2, 0.25) is 0 Å². The molecule has 1 unspecified atom stereocenters. The molecule has 1 N–H and O–H groups in total. The molecule has 0 amide bonds. The normalized spacial score (nSPS) is 15.0. The maximum atomic E-state index is 11.6. The van der Waals surface area contributed by atoms with E-state index in [2.05, 4.69) is 13.8 Å². The van der Waals surface area contributed by atoms with Gasteiger partial charge >= 0.3 is 0 Å². The van der Waals surface area contributed by atoms with Crippen molar-refractivity contribution in [3.05, 3.63) is 0 Å². The summed E-state index contributed by atoms with van der Waals surface area (Å²) in [6.07, 6.45) is 2.40. The van der Waals surface area contributed by atoms with Crippen LogP contribution in [0, 0.1) is 21.7 Å². The van der Waals surface area contributed by atoms with E-state index in [4.69, 9.17) is 9.47 Å². The highest BCUT2D eigenvalue weighted by atomic mass is 16.5. The quantitative estimate of drug-likeness (QED) is 0.471. The summed E-state index contributed by atoms with van der Waals surface area (Å²) in [4.78, 5) is 22.3. The van der Waals surface area contributed by atoms with Crippen molar-refractivity contribution in [2.75, 3.05) is 26.4 Å². The van der Waals surface area contributed by atoms with Gasteiger partial charge in [0, 0.05) is 18.4 Å². The molecular formula is C21H40O5. The molecule has 0 saturated heterocycles. The van der Waals surface area contributed by atoms with Crippen LogP contribution in [0.2, 0.25) is 0 Å². The summed E-state index contributed by atoms with van der Waals surface area (Å²) < 4.78 is 11.8. The lowest BCUT2D eigenvalue weighted by atomic mass is 9.76. The molecule has 0 radical (unpaired) electrons. The number of hydrogen-bond acceptors (Lipinski definition) is 5. The van der Waals surface area contributed by atoms with Crippen LogP contribution < -0.4 is 0 Å². The Balaban J connectivity index is 4.69. The summed E-state index contributed by atoms with van der Waals surface area (Å²) in [6, 6.07) is 0. The lowest BCUT2D eigenvalue weighted by Gasteiger charge is -2.37. The zero-order valence-electron chi connectivity index (χ0n) is 18.1. The number of aliphatic hydroxyl groups excluding tert-OH is 1. The second kappa shape index (κ2) is 9.95. The van der Waals surface area contributed by atoms with E-state index in [1.165, 1.54) is 0 Å². The molecule has 0 heterocycles. The smallest absolute Gasteiger partial charge is 0.149 e. The Hall–Kier alpha value is -0.780. The number of carbonyl (C=O) groups excluding carboxylic acids is 2. The third kappa shape index (κ3) is 9.79. The average molecular weight is 373 g/mol. The van der Waals surface area contributed by atoms with Crippen LogP contribution in [0.1, 0.15) is 68.2 Å². The van der Waals surface area contributed by atoms with E-state index in [9.17, 15) is 14.7 Å². The average Bonchev–Trinajstić information content (AvgIpc) is 2.45. The van der Waals surface area contributed by atoms with Crippen LogP contribution in [-0.4, -0.2) is 50.2 Å². The van der Waals surface area contributed by atoms with Crippen molar-refractivity contribution < 1.29 is 24.2 Å².